The lowest BCUT2D eigenvalue weighted by atomic mass is 10.2. The molecule has 6 heteroatoms. The Kier molecular flexibility index (Phi) is 3.65. The van der Waals surface area contributed by atoms with Crippen molar-refractivity contribution in [3.8, 4) is 0 Å². The minimum atomic E-state index is -0.326. The second-order valence-corrected chi connectivity index (χ2v) is 5.90. The molecule has 0 unspecified atom stereocenters. The lowest BCUT2D eigenvalue weighted by Gasteiger charge is -2.15. The molecule has 2 heterocycles. The van der Waals surface area contributed by atoms with Gasteiger partial charge in [0.25, 0.3) is 5.91 Å². The maximum Gasteiger partial charge on any atom is 0.272 e. The van der Waals surface area contributed by atoms with Gasteiger partial charge in [0.05, 0.1) is 23.1 Å². The van der Waals surface area contributed by atoms with E-state index < -0.39 is 0 Å². The van der Waals surface area contributed by atoms with Crippen molar-refractivity contribution in [2.45, 2.75) is 6.54 Å². The zero-order valence-electron chi connectivity index (χ0n) is 13.5. The normalized spacial score (nSPS) is 11.1. The number of para-hydroxylation sites is 1. The van der Waals surface area contributed by atoms with Crippen LogP contribution in [0.15, 0.2) is 54.6 Å². The van der Waals surface area contributed by atoms with Crippen molar-refractivity contribution in [1.29, 1.82) is 0 Å². The standard InChI is InChI=1S/C19H15FN4O/c1-24(11-18-22-15-9-7-13(20)10-17(15)23-18)19(25)16-8-6-12-4-2-3-5-14(12)21-16/h2-10H,11H2,1H3,(H,22,23). The van der Waals surface area contributed by atoms with Crippen LogP contribution in [0.4, 0.5) is 4.39 Å². The monoisotopic (exact) mass is 334 g/mol. The molecule has 5 nitrogen and oxygen atoms in total. The molecule has 0 atom stereocenters. The highest BCUT2D eigenvalue weighted by Crippen LogP contribution is 2.16. The van der Waals surface area contributed by atoms with Crippen LogP contribution in [0, 0.1) is 5.82 Å². The van der Waals surface area contributed by atoms with Crippen LogP contribution in [0.3, 0.4) is 0 Å². The summed E-state index contributed by atoms with van der Waals surface area (Å²) in [5.74, 6) is 0.0714. The third kappa shape index (κ3) is 2.94. The number of rotatable bonds is 3. The van der Waals surface area contributed by atoms with Crippen LogP contribution >= 0.6 is 0 Å². The highest BCUT2D eigenvalue weighted by Gasteiger charge is 2.15. The first kappa shape index (κ1) is 15.3. The van der Waals surface area contributed by atoms with E-state index in [4.69, 9.17) is 0 Å². The maximum absolute atomic E-state index is 13.3. The molecule has 1 amide bonds. The number of fused-ring (bicyclic) bond motifs is 2. The Balaban J connectivity index is 1.57. The van der Waals surface area contributed by atoms with E-state index in [0.29, 0.717) is 22.6 Å². The number of hydrogen-bond donors (Lipinski definition) is 1. The minimum absolute atomic E-state index is 0.197. The fourth-order valence-corrected chi connectivity index (χ4v) is 2.79. The molecule has 124 valence electrons. The molecule has 2 aromatic heterocycles. The fourth-order valence-electron chi connectivity index (χ4n) is 2.79. The van der Waals surface area contributed by atoms with Crippen LogP contribution in [-0.2, 0) is 6.54 Å². The molecular weight excluding hydrogens is 319 g/mol. The number of carbonyl (C=O) groups is 1. The van der Waals surface area contributed by atoms with Gasteiger partial charge in [0.15, 0.2) is 0 Å². The van der Waals surface area contributed by atoms with Crippen LogP contribution < -0.4 is 0 Å². The van der Waals surface area contributed by atoms with Crippen LogP contribution in [0.2, 0.25) is 0 Å². The maximum atomic E-state index is 13.3. The number of nitrogens with one attached hydrogen (secondary N) is 1. The van der Waals surface area contributed by atoms with E-state index in [1.54, 1.807) is 19.2 Å². The molecule has 0 aliphatic heterocycles. The Labute approximate surface area is 143 Å². The molecule has 0 aliphatic carbocycles. The number of aromatic nitrogens is 3. The van der Waals surface area contributed by atoms with E-state index in [-0.39, 0.29) is 18.3 Å². The Bertz CT molecular complexity index is 1090. The summed E-state index contributed by atoms with van der Waals surface area (Å²) in [6.45, 7) is 0.281. The van der Waals surface area contributed by atoms with Crippen LogP contribution in [-0.4, -0.2) is 32.8 Å². The van der Waals surface area contributed by atoms with Gasteiger partial charge in [-0.1, -0.05) is 24.3 Å². The molecule has 0 radical (unpaired) electrons. The van der Waals surface area contributed by atoms with Gasteiger partial charge in [-0.05, 0) is 30.3 Å². The van der Waals surface area contributed by atoms with Crippen molar-refractivity contribution in [3.63, 3.8) is 0 Å². The molecule has 0 aliphatic rings. The highest BCUT2D eigenvalue weighted by molar-refractivity contribution is 5.94. The van der Waals surface area contributed by atoms with Gasteiger partial charge in [-0.2, -0.15) is 0 Å². The van der Waals surface area contributed by atoms with Crippen molar-refractivity contribution in [1.82, 2.24) is 19.9 Å². The molecule has 4 aromatic rings. The van der Waals surface area contributed by atoms with Gasteiger partial charge in [0, 0.05) is 12.4 Å². The number of H-pyrrole nitrogens is 1. The topological polar surface area (TPSA) is 61.9 Å². The van der Waals surface area contributed by atoms with Gasteiger partial charge in [-0.25, -0.2) is 14.4 Å². The van der Waals surface area contributed by atoms with Gasteiger partial charge in [0.1, 0.15) is 17.3 Å². The summed E-state index contributed by atoms with van der Waals surface area (Å²) in [5.41, 5.74) is 2.44. The number of amides is 1. The van der Waals surface area contributed by atoms with E-state index >= 15 is 0 Å². The van der Waals surface area contributed by atoms with Gasteiger partial charge >= 0.3 is 0 Å². The number of halogens is 1. The Hall–Kier alpha value is -3.28. The molecule has 2 aromatic carbocycles. The van der Waals surface area contributed by atoms with Crippen LogP contribution in [0.25, 0.3) is 21.9 Å². The first-order chi connectivity index (χ1) is 12.1. The quantitative estimate of drug-likeness (QED) is 0.623. The van der Waals surface area contributed by atoms with Crippen LogP contribution in [0.5, 0.6) is 0 Å². The second-order valence-electron chi connectivity index (χ2n) is 5.90. The molecule has 4 rings (SSSR count). The number of carbonyl (C=O) groups excluding carboxylic acids is 1. The van der Waals surface area contributed by atoms with Gasteiger partial charge in [0.2, 0.25) is 0 Å². The fraction of sp³-hybridized carbons (Fsp3) is 0.105. The van der Waals surface area contributed by atoms with E-state index in [9.17, 15) is 9.18 Å². The first-order valence-electron chi connectivity index (χ1n) is 7.85. The zero-order chi connectivity index (χ0) is 17.4. The average Bonchev–Trinajstić information content (AvgIpc) is 3.01. The summed E-state index contributed by atoms with van der Waals surface area (Å²) in [6.07, 6.45) is 0. The number of benzene rings is 2. The highest BCUT2D eigenvalue weighted by atomic mass is 19.1. The van der Waals surface area contributed by atoms with E-state index in [1.165, 1.54) is 17.0 Å². The molecule has 1 N–H and O–H groups in total. The predicted octanol–water partition coefficient (Wildman–Crippen LogP) is 3.52. The van der Waals surface area contributed by atoms with E-state index in [0.717, 1.165) is 10.9 Å². The lowest BCUT2D eigenvalue weighted by molar-refractivity contribution is 0.0776. The van der Waals surface area contributed by atoms with Gasteiger partial charge in [-0.3, -0.25) is 4.79 Å². The van der Waals surface area contributed by atoms with E-state index in [2.05, 4.69) is 15.0 Å². The third-order valence-electron chi connectivity index (χ3n) is 4.04. The van der Waals surface area contributed by atoms with Crippen LogP contribution in [0.1, 0.15) is 16.3 Å². The first-order valence-corrected chi connectivity index (χ1v) is 7.85. The summed E-state index contributed by atoms with van der Waals surface area (Å²) in [7, 11) is 1.69. The molecule has 0 saturated carbocycles. The summed E-state index contributed by atoms with van der Waals surface area (Å²) in [6, 6.07) is 15.6. The van der Waals surface area contributed by atoms with Crippen molar-refractivity contribution < 1.29 is 9.18 Å². The smallest absolute Gasteiger partial charge is 0.272 e. The third-order valence-corrected chi connectivity index (χ3v) is 4.04. The van der Waals surface area contributed by atoms with Crippen molar-refractivity contribution in [3.05, 3.63) is 71.9 Å². The number of nitrogens with zero attached hydrogens (tertiary/aromatic N) is 3. The summed E-state index contributed by atoms with van der Waals surface area (Å²) in [4.78, 5) is 26.0. The summed E-state index contributed by atoms with van der Waals surface area (Å²) in [5, 5.41) is 0.987. The zero-order valence-corrected chi connectivity index (χ0v) is 13.5. The second kappa shape index (κ2) is 5.98. The number of aromatic amines is 1. The SMILES string of the molecule is CN(Cc1nc2ccc(F)cc2[nH]1)C(=O)c1ccc2ccccc2n1. The molecule has 25 heavy (non-hydrogen) atoms. The molecule has 0 bridgehead atoms. The number of pyridine rings is 1. The largest absolute Gasteiger partial charge is 0.340 e. The molecular formula is C19H15FN4O. The van der Waals surface area contributed by atoms with Gasteiger partial charge < -0.3 is 9.88 Å². The Morgan fingerprint density at radius 2 is 1.92 bits per heavy atom. The number of imidazole rings is 1. The summed E-state index contributed by atoms with van der Waals surface area (Å²) < 4.78 is 13.3. The number of hydrogen-bond acceptors (Lipinski definition) is 3. The molecule has 0 spiro atoms. The van der Waals surface area contributed by atoms with Gasteiger partial charge in [-0.15, -0.1) is 0 Å². The average molecular weight is 334 g/mol. The minimum Gasteiger partial charge on any atom is -0.340 e. The Morgan fingerprint density at radius 1 is 1.08 bits per heavy atom. The summed E-state index contributed by atoms with van der Waals surface area (Å²) >= 11 is 0. The Morgan fingerprint density at radius 3 is 2.80 bits per heavy atom. The van der Waals surface area contributed by atoms with Crippen molar-refractivity contribution in [2.24, 2.45) is 0 Å². The molecule has 0 saturated heterocycles. The van der Waals surface area contributed by atoms with E-state index in [1.807, 2.05) is 30.3 Å². The predicted molar refractivity (Wildman–Crippen MR) is 93.6 cm³/mol. The van der Waals surface area contributed by atoms with Crippen molar-refractivity contribution >= 4 is 27.8 Å². The van der Waals surface area contributed by atoms with Crippen molar-refractivity contribution in [2.75, 3.05) is 7.05 Å². The molecule has 0 fully saturated rings. The lowest BCUT2D eigenvalue weighted by Crippen LogP contribution is -2.27.